The highest BCUT2D eigenvalue weighted by atomic mass is 32.2. The van der Waals surface area contributed by atoms with Crippen LogP contribution in [0, 0.1) is 6.92 Å². The van der Waals surface area contributed by atoms with E-state index in [0.717, 1.165) is 10.5 Å². The molecule has 2 aromatic rings. The fourth-order valence-corrected chi connectivity index (χ4v) is 2.07. The molecule has 0 spiro atoms. The molecule has 4 nitrogen and oxygen atoms in total. The lowest BCUT2D eigenvalue weighted by molar-refractivity contribution is 0.101. The number of carbonyl (C=O) groups is 1. The number of hydrogen-bond donors (Lipinski definition) is 0. The van der Waals surface area contributed by atoms with Gasteiger partial charge in [-0.05, 0) is 26.0 Å². The van der Waals surface area contributed by atoms with E-state index in [9.17, 15) is 4.79 Å². The molecule has 0 aliphatic carbocycles. The van der Waals surface area contributed by atoms with E-state index in [1.54, 1.807) is 25.6 Å². The molecule has 0 radical (unpaired) electrons. The molecule has 0 aliphatic heterocycles. The van der Waals surface area contributed by atoms with Crippen LogP contribution in [-0.2, 0) is 5.75 Å². The summed E-state index contributed by atoms with van der Waals surface area (Å²) in [5, 5.41) is 3.72. The molecule has 1 aromatic heterocycles. The minimum absolute atomic E-state index is 0.0778. The van der Waals surface area contributed by atoms with E-state index in [0.29, 0.717) is 17.5 Å². The summed E-state index contributed by atoms with van der Waals surface area (Å²) in [4.78, 5) is 16.3. The molecular weight excluding hydrogens is 236 g/mol. The van der Waals surface area contributed by atoms with Crippen molar-refractivity contribution >= 4 is 17.5 Å². The van der Waals surface area contributed by atoms with Crippen LogP contribution in [0.5, 0.6) is 0 Å². The summed E-state index contributed by atoms with van der Waals surface area (Å²) < 4.78 is 5.01. The summed E-state index contributed by atoms with van der Waals surface area (Å²) in [5.41, 5.74) is 0.725. The second-order valence-corrected chi connectivity index (χ2v) is 4.65. The second kappa shape index (κ2) is 5.14. The van der Waals surface area contributed by atoms with Crippen LogP contribution in [0.4, 0.5) is 0 Å². The molecular formula is C12H12N2O2S. The summed E-state index contributed by atoms with van der Waals surface area (Å²) in [6.07, 6.45) is 0. The van der Waals surface area contributed by atoms with Crippen molar-refractivity contribution in [2.45, 2.75) is 24.5 Å². The predicted octanol–water partition coefficient (Wildman–Crippen LogP) is 2.87. The van der Waals surface area contributed by atoms with E-state index < -0.39 is 0 Å². The van der Waals surface area contributed by atoms with Gasteiger partial charge in [-0.15, -0.1) is 11.8 Å². The van der Waals surface area contributed by atoms with Crippen molar-refractivity contribution in [2.24, 2.45) is 0 Å². The van der Waals surface area contributed by atoms with Crippen LogP contribution in [0.25, 0.3) is 0 Å². The van der Waals surface area contributed by atoms with Gasteiger partial charge in [0.25, 0.3) is 0 Å². The monoisotopic (exact) mass is 248 g/mol. The van der Waals surface area contributed by atoms with E-state index >= 15 is 0 Å². The lowest BCUT2D eigenvalue weighted by Gasteiger charge is -1.99. The zero-order valence-electron chi connectivity index (χ0n) is 9.64. The van der Waals surface area contributed by atoms with Gasteiger partial charge in [0.2, 0.25) is 5.89 Å². The maximum Gasteiger partial charge on any atom is 0.236 e. The fourth-order valence-electron chi connectivity index (χ4n) is 1.33. The van der Waals surface area contributed by atoms with Gasteiger partial charge in [0.1, 0.15) is 0 Å². The summed E-state index contributed by atoms with van der Waals surface area (Å²) >= 11 is 1.60. The number of nitrogens with zero attached hydrogens (tertiary/aromatic N) is 2. The number of benzene rings is 1. The minimum atomic E-state index is 0.0778. The highest BCUT2D eigenvalue weighted by Crippen LogP contribution is 2.22. The van der Waals surface area contributed by atoms with Crippen LogP contribution in [0.3, 0.4) is 0 Å². The molecule has 0 N–H and O–H groups in total. The molecule has 88 valence electrons. The number of ketones is 1. The van der Waals surface area contributed by atoms with Crippen molar-refractivity contribution < 1.29 is 9.32 Å². The second-order valence-electron chi connectivity index (χ2n) is 3.60. The maximum atomic E-state index is 11.1. The first-order valence-corrected chi connectivity index (χ1v) is 6.16. The Morgan fingerprint density at radius 2 is 2.06 bits per heavy atom. The lowest BCUT2D eigenvalue weighted by Crippen LogP contribution is -1.90. The molecule has 1 aromatic carbocycles. The zero-order chi connectivity index (χ0) is 12.3. The van der Waals surface area contributed by atoms with Crippen molar-refractivity contribution in [3.63, 3.8) is 0 Å². The van der Waals surface area contributed by atoms with Crippen LogP contribution >= 0.6 is 11.8 Å². The number of aromatic nitrogens is 2. The van der Waals surface area contributed by atoms with Crippen LogP contribution < -0.4 is 0 Å². The van der Waals surface area contributed by atoms with Crippen LogP contribution in [0.1, 0.15) is 29.0 Å². The molecule has 0 amide bonds. The van der Waals surface area contributed by atoms with Crippen molar-refractivity contribution in [3.05, 3.63) is 41.5 Å². The molecule has 0 fully saturated rings. The molecule has 2 rings (SSSR count). The number of Topliss-reactive ketones (excluding diaryl/α,β-unsaturated/α-hetero) is 1. The largest absolute Gasteiger partial charge is 0.338 e. The molecule has 0 unspecified atom stereocenters. The fraction of sp³-hybridized carbons (Fsp3) is 0.250. The summed E-state index contributed by atoms with van der Waals surface area (Å²) in [7, 11) is 0. The summed E-state index contributed by atoms with van der Waals surface area (Å²) in [6.45, 7) is 3.35. The Bertz CT molecular complexity index is 520. The normalized spacial score (nSPS) is 10.5. The van der Waals surface area contributed by atoms with Crippen LogP contribution in [-0.4, -0.2) is 15.9 Å². The highest BCUT2D eigenvalue weighted by Gasteiger charge is 2.04. The van der Waals surface area contributed by atoms with Crippen molar-refractivity contribution in [1.29, 1.82) is 0 Å². The molecule has 0 saturated carbocycles. The van der Waals surface area contributed by atoms with Gasteiger partial charge in [0.15, 0.2) is 11.6 Å². The molecule has 0 saturated heterocycles. The van der Waals surface area contributed by atoms with Gasteiger partial charge in [-0.1, -0.05) is 17.3 Å². The number of thioether (sulfide) groups is 1. The molecule has 0 atom stereocenters. The highest BCUT2D eigenvalue weighted by molar-refractivity contribution is 7.98. The SMILES string of the molecule is CC(=O)c1ccc(SCc2nc(C)no2)cc1. The molecule has 5 heteroatoms. The Hall–Kier alpha value is -1.62. The quantitative estimate of drug-likeness (QED) is 0.615. The Labute approximate surface area is 103 Å². The van der Waals surface area contributed by atoms with E-state index in [4.69, 9.17) is 4.52 Å². The van der Waals surface area contributed by atoms with Crippen molar-refractivity contribution in [2.75, 3.05) is 0 Å². The zero-order valence-corrected chi connectivity index (χ0v) is 10.5. The molecule has 1 heterocycles. The Morgan fingerprint density at radius 1 is 1.35 bits per heavy atom. The van der Waals surface area contributed by atoms with Crippen molar-refractivity contribution in [3.8, 4) is 0 Å². The van der Waals surface area contributed by atoms with E-state index in [2.05, 4.69) is 10.1 Å². The van der Waals surface area contributed by atoms with Crippen LogP contribution in [0.15, 0.2) is 33.7 Å². The smallest absolute Gasteiger partial charge is 0.236 e. The first-order valence-electron chi connectivity index (χ1n) is 5.18. The lowest BCUT2D eigenvalue weighted by atomic mass is 10.2. The number of aryl methyl sites for hydroxylation is 1. The van der Waals surface area contributed by atoms with Crippen molar-refractivity contribution in [1.82, 2.24) is 10.1 Å². The van der Waals surface area contributed by atoms with Gasteiger partial charge in [-0.2, -0.15) is 4.98 Å². The third kappa shape index (κ3) is 3.17. The van der Waals surface area contributed by atoms with E-state index in [1.807, 2.05) is 24.3 Å². The van der Waals surface area contributed by atoms with E-state index in [1.165, 1.54) is 0 Å². The number of rotatable bonds is 4. The first-order chi connectivity index (χ1) is 8.15. The Kier molecular flexibility index (Phi) is 3.58. The van der Waals surface area contributed by atoms with Gasteiger partial charge in [0, 0.05) is 10.5 Å². The van der Waals surface area contributed by atoms with E-state index in [-0.39, 0.29) is 5.78 Å². The molecule has 17 heavy (non-hydrogen) atoms. The predicted molar refractivity (Wildman–Crippen MR) is 65.0 cm³/mol. The van der Waals surface area contributed by atoms with Gasteiger partial charge in [-0.3, -0.25) is 4.79 Å². The summed E-state index contributed by atoms with van der Waals surface area (Å²) in [5.74, 6) is 1.98. The molecule has 0 aliphatic rings. The standard InChI is InChI=1S/C12H12N2O2S/c1-8(15)10-3-5-11(6-4-10)17-7-12-13-9(2)14-16-12/h3-6H,7H2,1-2H3. The first kappa shape index (κ1) is 11.9. The Morgan fingerprint density at radius 3 is 2.59 bits per heavy atom. The number of hydrogen-bond acceptors (Lipinski definition) is 5. The third-order valence-corrected chi connectivity index (χ3v) is 3.19. The van der Waals surface area contributed by atoms with Gasteiger partial charge >= 0.3 is 0 Å². The molecule has 0 bridgehead atoms. The Balaban J connectivity index is 1.97. The number of carbonyl (C=O) groups excluding carboxylic acids is 1. The maximum absolute atomic E-state index is 11.1. The van der Waals surface area contributed by atoms with Crippen LogP contribution in [0.2, 0.25) is 0 Å². The third-order valence-electron chi connectivity index (χ3n) is 2.19. The topological polar surface area (TPSA) is 56.0 Å². The minimum Gasteiger partial charge on any atom is -0.338 e. The van der Waals surface area contributed by atoms with Gasteiger partial charge < -0.3 is 4.52 Å². The van der Waals surface area contributed by atoms with Gasteiger partial charge in [0.05, 0.1) is 5.75 Å². The average molecular weight is 248 g/mol. The van der Waals surface area contributed by atoms with Gasteiger partial charge in [-0.25, -0.2) is 0 Å². The average Bonchev–Trinajstić information content (AvgIpc) is 2.73. The summed E-state index contributed by atoms with van der Waals surface area (Å²) in [6, 6.07) is 7.49.